The smallest absolute Gasteiger partial charge is 0.307 e. The van der Waals surface area contributed by atoms with Gasteiger partial charge in [-0.1, -0.05) is 0 Å². The van der Waals surface area contributed by atoms with Crippen LogP contribution >= 0.6 is 0 Å². The van der Waals surface area contributed by atoms with E-state index < -0.39 is 0 Å². The van der Waals surface area contributed by atoms with E-state index in [1.54, 1.807) is 11.9 Å². The van der Waals surface area contributed by atoms with Crippen molar-refractivity contribution in [3.8, 4) is 0 Å². The highest BCUT2D eigenvalue weighted by Gasteiger charge is 2.31. The van der Waals surface area contributed by atoms with Crippen molar-refractivity contribution in [3.63, 3.8) is 0 Å². The largest absolute Gasteiger partial charge is 0.469 e. The third-order valence-electron chi connectivity index (χ3n) is 3.69. The van der Waals surface area contributed by atoms with Crippen molar-refractivity contribution in [1.82, 2.24) is 14.7 Å². The number of ether oxygens (including phenoxy) is 1. The zero-order chi connectivity index (χ0) is 14.7. The van der Waals surface area contributed by atoms with Crippen molar-refractivity contribution in [2.75, 3.05) is 19.4 Å². The van der Waals surface area contributed by atoms with Crippen molar-refractivity contribution in [2.45, 2.75) is 31.7 Å². The maximum absolute atomic E-state index is 12.6. The number of aryl methyl sites for hydroxylation is 1. The first kappa shape index (κ1) is 14.4. The Morgan fingerprint density at radius 3 is 2.85 bits per heavy atom. The number of likely N-dealkylation sites (tertiary alicyclic amines) is 1. The van der Waals surface area contributed by atoms with Gasteiger partial charge in [-0.3, -0.25) is 14.3 Å². The summed E-state index contributed by atoms with van der Waals surface area (Å²) in [5.74, 6) is -0.469. The fraction of sp³-hybridized carbons (Fsp3) is 0.615. The molecule has 1 fully saturated rings. The minimum Gasteiger partial charge on any atom is -0.469 e. The molecule has 2 rings (SSSR count). The summed E-state index contributed by atoms with van der Waals surface area (Å²) < 4.78 is 6.17. The predicted molar refractivity (Wildman–Crippen MR) is 72.9 cm³/mol. The van der Waals surface area contributed by atoms with E-state index in [9.17, 15) is 9.59 Å². The van der Waals surface area contributed by atoms with Crippen molar-refractivity contribution >= 4 is 17.6 Å². The van der Waals surface area contributed by atoms with Crippen LogP contribution in [0, 0.1) is 0 Å². The molecule has 110 valence electrons. The number of nitrogens with two attached hydrogens (primary N) is 1. The van der Waals surface area contributed by atoms with Gasteiger partial charge in [-0.15, -0.1) is 0 Å². The van der Waals surface area contributed by atoms with Crippen LogP contribution in [0.25, 0.3) is 0 Å². The summed E-state index contributed by atoms with van der Waals surface area (Å²) in [5.41, 5.74) is 6.54. The van der Waals surface area contributed by atoms with Crippen LogP contribution in [-0.4, -0.2) is 46.3 Å². The zero-order valence-electron chi connectivity index (χ0n) is 11.8. The van der Waals surface area contributed by atoms with Crippen LogP contribution in [-0.2, 0) is 16.6 Å². The van der Waals surface area contributed by atoms with E-state index in [4.69, 9.17) is 10.5 Å². The highest BCUT2D eigenvalue weighted by atomic mass is 16.5. The van der Waals surface area contributed by atoms with Gasteiger partial charge < -0.3 is 15.4 Å². The SMILES string of the molecule is COC(=O)CC1CCCCN1C(=O)c1c(N)cnn1C. The molecule has 0 aromatic carbocycles. The summed E-state index contributed by atoms with van der Waals surface area (Å²) in [6, 6.07) is -0.127. The van der Waals surface area contributed by atoms with Gasteiger partial charge >= 0.3 is 5.97 Å². The van der Waals surface area contributed by atoms with E-state index in [1.165, 1.54) is 18.0 Å². The van der Waals surface area contributed by atoms with Gasteiger partial charge in [0.1, 0.15) is 5.69 Å². The standard InChI is InChI=1S/C13H20N4O3/c1-16-12(10(14)8-15-16)13(19)17-6-4-3-5-9(17)7-11(18)20-2/h8-9H,3-7,14H2,1-2H3. The lowest BCUT2D eigenvalue weighted by Gasteiger charge is -2.35. The summed E-state index contributed by atoms with van der Waals surface area (Å²) in [6.45, 7) is 0.630. The quantitative estimate of drug-likeness (QED) is 0.817. The van der Waals surface area contributed by atoms with E-state index in [-0.39, 0.29) is 24.3 Å². The molecule has 20 heavy (non-hydrogen) atoms. The van der Waals surface area contributed by atoms with Gasteiger partial charge in [-0.05, 0) is 19.3 Å². The minimum atomic E-state index is -0.298. The molecule has 0 radical (unpaired) electrons. The molecule has 2 N–H and O–H groups in total. The van der Waals surface area contributed by atoms with Gasteiger partial charge in [0.05, 0.1) is 25.4 Å². The number of nitrogen functional groups attached to an aromatic ring is 1. The lowest BCUT2D eigenvalue weighted by atomic mass is 9.99. The Bertz CT molecular complexity index is 492. The Balaban J connectivity index is 2.19. The Labute approximate surface area is 117 Å². The van der Waals surface area contributed by atoms with Crippen LogP contribution in [0.5, 0.6) is 0 Å². The van der Waals surface area contributed by atoms with E-state index in [0.717, 1.165) is 19.3 Å². The van der Waals surface area contributed by atoms with Crippen LogP contribution in [0.2, 0.25) is 0 Å². The summed E-state index contributed by atoms with van der Waals surface area (Å²) in [5, 5.41) is 3.99. The molecule has 7 nitrogen and oxygen atoms in total. The maximum atomic E-state index is 12.6. The molecule has 2 heterocycles. The fourth-order valence-electron chi connectivity index (χ4n) is 2.61. The van der Waals surface area contributed by atoms with Gasteiger partial charge in [-0.25, -0.2) is 0 Å². The van der Waals surface area contributed by atoms with Crippen LogP contribution in [0.15, 0.2) is 6.20 Å². The molecule has 1 unspecified atom stereocenters. The molecule has 1 aromatic rings. The number of piperidine rings is 1. The number of esters is 1. The van der Waals surface area contributed by atoms with Gasteiger partial charge in [0.25, 0.3) is 5.91 Å². The lowest BCUT2D eigenvalue weighted by Crippen LogP contribution is -2.45. The summed E-state index contributed by atoms with van der Waals surface area (Å²) in [7, 11) is 3.04. The summed E-state index contributed by atoms with van der Waals surface area (Å²) in [4.78, 5) is 25.8. The van der Waals surface area contributed by atoms with Crippen molar-refractivity contribution < 1.29 is 14.3 Å². The highest BCUT2D eigenvalue weighted by molar-refractivity contribution is 5.97. The highest BCUT2D eigenvalue weighted by Crippen LogP contribution is 2.23. The van der Waals surface area contributed by atoms with Crippen molar-refractivity contribution in [3.05, 3.63) is 11.9 Å². The number of amides is 1. The third kappa shape index (κ3) is 2.76. The first-order valence-corrected chi connectivity index (χ1v) is 6.70. The van der Waals surface area contributed by atoms with Gasteiger partial charge in [-0.2, -0.15) is 5.10 Å². The molecule has 0 saturated carbocycles. The number of anilines is 1. The zero-order valence-corrected chi connectivity index (χ0v) is 11.8. The Kier molecular flexibility index (Phi) is 4.26. The minimum absolute atomic E-state index is 0.127. The lowest BCUT2D eigenvalue weighted by molar-refractivity contribution is -0.142. The molecule has 1 aliphatic rings. The molecule has 1 aromatic heterocycles. The van der Waals surface area contributed by atoms with Crippen LogP contribution in [0.4, 0.5) is 5.69 Å². The molecule has 1 aliphatic heterocycles. The van der Waals surface area contributed by atoms with Crippen molar-refractivity contribution in [1.29, 1.82) is 0 Å². The second-order valence-corrected chi connectivity index (χ2v) is 5.00. The molecular formula is C13H20N4O3. The second-order valence-electron chi connectivity index (χ2n) is 5.00. The van der Waals surface area contributed by atoms with Crippen LogP contribution in [0.3, 0.4) is 0 Å². The molecule has 0 aliphatic carbocycles. The number of hydrogen-bond donors (Lipinski definition) is 1. The average molecular weight is 280 g/mol. The third-order valence-corrected chi connectivity index (χ3v) is 3.69. The van der Waals surface area contributed by atoms with Gasteiger partial charge in [0, 0.05) is 19.6 Å². The second kappa shape index (κ2) is 5.94. The van der Waals surface area contributed by atoms with Gasteiger partial charge in [0.2, 0.25) is 0 Å². The molecular weight excluding hydrogens is 260 g/mol. The number of nitrogens with zero attached hydrogens (tertiary/aromatic N) is 3. The number of hydrogen-bond acceptors (Lipinski definition) is 5. The number of carbonyl (C=O) groups excluding carboxylic acids is 2. The molecule has 1 atom stereocenters. The molecule has 0 spiro atoms. The first-order valence-electron chi connectivity index (χ1n) is 6.70. The van der Waals surface area contributed by atoms with Crippen molar-refractivity contribution in [2.24, 2.45) is 7.05 Å². The number of aromatic nitrogens is 2. The summed E-state index contributed by atoms with van der Waals surface area (Å²) >= 11 is 0. The Morgan fingerprint density at radius 1 is 1.50 bits per heavy atom. The van der Waals surface area contributed by atoms with E-state index in [0.29, 0.717) is 17.9 Å². The normalized spacial score (nSPS) is 18.9. The number of carbonyl (C=O) groups is 2. The number of methoxy groups -OCH3 is 1. The Hall–Kier alpha value is -2.05. The fourth-order valence-corrected chi connectivity index (χ4v) is 2.61. The van der Waals surface area contributed by atoms with Crippen LogP contribution < -0.4 is 5.73 Å². The van der Waals surface area contributed by atoms with Crippen LogP contribution in [0.1, 0.15) is 36.2 Å². The molecule has 7 heteroatoms. The molecule has 1 saturated heterocycles. The van der Waals surface area contributed by atoms with E-state index in [1.807, 2.05) is 0 Å². The molecule has 1 amide bonds. The predicted octanol–water partition coefficient (Wildman–Crippen LogP) is 0.560. The topological polar surface area (TPSA) is 90.4 Å². The maximum Gasteiger partial charge on any atom is 0.307 e. The van der Waals surface area contributed by atoms with E-state index >= 15 is 0 Å². The molecule has 0 bridgehead atoms. The average Bonchev–Trinajstić information content (AvgIpc) is 2.78. The summed E-state index contributed by atoms with van der Waals surface area (Å²) in [6.07, 6.45) is 4.43. The monoisotopic (exact) mass is 280 g/mol. The Morgan fingerprint density at radius 2 is 2.25 bits per heavy atom. The van der Waals surface area contributed by atoms with E-state index in [2.05, 4.69) is 5.10 Å². The first-order chi connectivity index (χ1) is 9.54. The number of rotatable bonds is 3. The van der Waals surface area contributed by atoms with Gasteiger partial charge in [0.15, 0.2) is 0 Å².